The maximum Gasteiger partial charge on any atom is 0.0596 e. The molecule has 1 unspecified atom stereocenters. The summed E-state index contributed by atoms with van der Waals surface area (Å²) in [5.41, 5.74) is 2.43. The second-order valence-electron chi connectivity index (χ2n) is 4.77. The Balaban J connectivity index is 2.44. The molecule has 1 rings (SSSR count). The molecule has 0 radical (unpaired) electrons. The molecule has 0 aliphatic rings. The lowest BCUT2D eigenvalue weighted by molar-refractivity contribution is 0.465. The maximum absolute atomic E-state index is 4.36. The van der Waals surface area contributed by atoms with Gasteiger partial charge in [0.25, 0.3) is 0 Å². The molecule has 3 heteroatoms. The average molecular weight is 209 g/mol. The quantitative estimate of drug-likeness (QED) is 0.802. The lowest BCUT2D eigenvalue weighted by atomic mass is 10.1. The molecule has 1 heterocycles. The van der Waals surface area contributed by atoms with Gasteiger partial charge in [-0.15, -0.1) is 0 Å². The third-order valence-electron chi connectivity index (χ3n) is 2.53. The second kappa shape index (κ2) is 5.31. The molecule has 15 heavy (non-hydrogen) atoms. The molecular formula is C12H23N3. The van der Waals surface area contributed by atoms with Gasteiger partial charge in [0.15, 0.2) is 0 Å². The van der Waals surface area contributed by atoms with Crippen molar-refractivity contribution in [2.24, 2.45) is 13.0 Å². The van der Waals surface area contributed by atoms with E-state index in [1.165, 1.54) is 5.69 Å². The topological polar surface area (TPSA) is 29.9 Å². The molecule has 0 aromatic carbocycles. The first-order valence-electron chi connectivity index (χ1n) is 5.72. The van der Waals surface area contributed by atoms with Gasteiger partial charge in [0.1, 0.15) is 0 Å². The smallest absolute Gasteiger partial charge is 0.0596 e. The van der Waals surface area contributed by atoms with Gasteiger partial charge in [-0.3, -0.25) is 4.68 Å². The normalized spacial score (nSPS) is 13.5. The molecule has 1 aromatic heterocycles. The molecule has 0 aliphatic carbocycles. The van der Waals surface area contributed by atoms with Crippen LogP contribution >= 0.6 is 0 Å². The molecule has 0 spiro atoms. The average Bonchev–Trinajstić information content (AvgIpc) is 2.42. The first kappa shape index (κ1) is 12.2. The summed E-state index contributed by atoms with van der Waals surface area (Å²) in [6.45, 7) is 9.75. The van der Waals surface area contributed by atoms with Crippen molar-refractivity contribution in [2.45, 2.75) is 40.2 Å². The summed E-state index contributed by atoms with van der Waals surface area (Å²) < 4.78 is 1.99. The molecule has 0 aliphatic heterocycles. The lowest BCUT2D eigenvalue weighted by Gasteiger charge is -2.14. The lowest BCUT2D eigenvalue weighted by Crippen LogP contribution is -2.28. The molecule has 1 atom stereocenters. The van der Waals surface area contributed by atoms with Gasteiger partial charge in [0, 0.05) is 18.8 Å². The number of nitrogens with zero attached hydrogens (tertiary/aromatic N) is 2. The molecular weight excluding hydrogens is 186 g/mol. The van der Waals surface area contributed by atoms with E-state index >= 15 is 0 Å². The maximum atomic E-state index is 4.36. The second-order valence-corrected chi connectivity index (χ2v) is 4.77. The highest BCUT2D eigenvalue weighted by atomic mass is 15.3. The standard InChI is InChI=1S/C12H23N3/c1-9(2)13-8-10(3)6-12-7-11(4)14-15(12)5/h7,9-10,13H,6,8H2,1-5H3. The number of rotatable bonds is 5. The van der Waals surface area contributed by atoms with Crippen LogP contribution in [-0.2, 0) is 13.5 Å². The van der Waals surface area contributed by atoms with Crippen LogP contribution in [0.3, 0.4) is 0 Å². The number of hydrogen-bond donors (Lipinski definition) is 1. The molecule has 1 aromatic rings. The van der Waals surface area contributed by atoms with Gasteiger partial charge < -0.3 is 5.32 Å². The van der Waals surface area contributed by atoms with E-state index in [1.807, 2.05) is 18.7 Å². The fourth-order valence-corrected chi connectivity index (χ4v) is 1.72. The van der Waals surface area contributed by atoms with E-state index in [0.29, 0.717) is 12.0 Å². The van der Waals surface area contributed by atoms with Gasteiger partial charge in [-0.2, -0.15) is 5.10 Å². The number of hydrogen-bond acceptors (Lipinski definition) is 2. The van der Waals surface area contributed by atoms with Gasteiger partial charge in [0.2, 0.25) is 0 Å². The van der Waals surface area contributed by atoms with Crippen LogP contribution in [0.15, 0.2) is 6.07 Å². The van der Waals surface area contributed by atoms with Crippen molar-refractivity contribution in [3.63, 3.8) is 0 Å². The molecule has 3 nitrogen and oxygen atoms in total. The van der Waals surface area contributed by atoms with Crippen molar-refractivity contribution in [3.05, 3.63) is 17.5 Å². The zero-order valence-electron chi connectivity index (χ0n) is 10.5. The molecule has 0 fully saturated rings. The molecule has 0 saturated heterocycles. The molecule has 86 valence electrons. The van der Waals surface area contributed by atoms with E-state index in [-0.39, 0.29) is 0 Å². The Bertz CT molecular complexity index is 302. The summed E-state index contributed by atoms with van der Waals surface area (Å²) in [5.74, 6) is 0.655. The van der Waals surface area contributed by atoms with Gasteiger partial charge in [-0.1, -0.05) is 20.8 Å². The highest BCUT2D eigenvalue weighted by Gasteiger charge is 2.08. The van der Waals surface area contributed by atoms with Crippen LogP contribution in [0.2, 0.25) is 0 Å². The van der Waals surface area contributed by atoms with Gasteiger partial charge in [-0.05, 0) is 31.9 Å². The van der Waals surface area contributed by atoms with Crippen LogP contribution in [0, 0.1) is 12.8 Å². The third kappa shape index (κ3) is 4.04. The van der Waals surface area contributed by atoms with Crippen molar-refractivity contribution in [1.82, 2.24) is 15.1 Å². The van der Waals surface area contributed by atoms with E-state index < -0.39 is 0 Å². The summed E-state index contributed by atoms with van der Waals surface area (Å²) in [7, 11) is 2.02. The van der Waals surface area contributed by atoms with Crippen molar-refractivity contribution >= 4 is 0 Å². The first-order valence-corrected chi connectivity index (χ1v) is 5.72. The van der Waals surface area contributed by atoms with Crippen LogP contribution < -0.4 is 5.32 Å². The van der Waals surface area contributed by atoms with Gasteiger partial charge >= 0.3 is 0 Å². The Hall–Kier alpha value is -0.830. The Morgan fingerprint density at radius 3 is 2.53 bits per heavy atom. The van der Waals surface area contributed by atoms with Crippen molar-refractivity contribution < 1.29 is 0 Å². The van der Waals surface area contributed by atoms with Crippen molar-refractivity contribution in [2.75, 3.05) is 6.54 Å². The van der Waals surface area contributed by atoms with Crippen molar-refractivity contribution in [3.8, 4) is 0 Å². The van der Waals surface area contributed by atoms with Crippen LogP contribution in [-0.4, -0.2) is 22.4 Å². The van der Waals surface area contributed by atoms with Crippen molar-refractivity contribution in [1.29, 1.82) is 0 Å². The monoisotopic (exact) mass is 209 g/mol. The Labute approximate surface area is 92.9 Å². The fourth-order valence-electron chi connectivity index (χ4n) is 1.72. The Morgan fingerprint density at radius 1 is 1.40 bits per heavy atom. The minimum atomic E-state index is 0.570. The third-order valence-corrected chi connectivity index (χ3v) is 2.53. The molecule has 1 N–H and O–H groups in total. The van der Waals surface area contributed by atoms with Gasteiger partial charge in [-0.25, -0.2) is 0 Å². The molecule has 0 amide bonds. The SMILES string of the molecule is Cc1cc(CC(C)CNC(C)C)n(C)n1. The summed E-state index contributed by atoms with van der Waals surface area (Å²) in [5, 5.41) is 7.82. The Morgan fingerprint density at radius 2 is 2.07 bits per heavy atom. The number of aromatic nitrogens is 2. The summed E-state index contributed by atoms with van der Waals surface area (Å²) >= 11 is 0. The summed E-state index contributed by atoms with van der Waals surface area (Å²) in [6.07, 6.45) is 1.09. The summed E-state index contributed by atoms with van der Waals surface area (Å²) in [6, 6.07) is 2.74. The largest absolute Gasteiger partial charge is 0.314 e. The zero-order valence-corrected chi connectivity index (χ0v) is 10.5. The molecule has 0 saturated carbocycles. The van der Waals surface area contributed by atoms with Crippen LogP contribution in [0.25, 0.3) is 0 Å². The van der Waals surface area contributed by atoms with Crippen LogP contribution in [0.4, 0.5) is 0 Å². The minimum Gasteiger partial charge on any atom is -0.314 e. The van der Waals surface area contributed by atoms with E-state index in [4.69, 9.17) is 0 Å². The highest BCUT2D eigenvalue weighted by molar-refractivity contribution is 5.09. The van der Waals surface area contributed by atoms with Crippen LogP contribution in [0.1, 0.15) is 32.2 Å². The fraction of sp³-hybridized carbons (Fsp3) is 0.750. The van der Waals surface area contributed by atoms with E-state index in [9.17, 15) is 0 Å². The van der Waals surface area contributed by atoms with Crippen LogP contribution in [0.5, 0.6) is 0 Å². The molecule has 0 bridgehead atoms. The summed E-state index contributed by atoms with van der Waals surface area (Å²) in [4.78, 5) is 0. The Kier molecular flexibility index (Phi) is 4.33. The van der Waals surface area contributed by atoms with Gasteiger partial charge in [0.05, 0.1) is 5.69 Å². The predicted octanol–water partition coefficient (Wildman–Crippen LogP) is 1.91. The van der Waals surface area contributed by atoms with E-state index in [0.717, 1.165) is 18.7 Å². The minimum absolute atomic E-state index is 0.570. The van der Waals surface area contributed by atoms with E-state index in [2.05, 4.69) is 37.3 Å². The first-order chi connectivity index (χ1) is 6.99. The predicted molar refractivity (Wildman–Crippen MR) is 64.0 cm³/mol. The number of nitrogens with one attached hydrogen (secondary N) is 1. The highest BCUT2D eigenvalue weighted by Crippen LogP contribution is 2.08. The number of aryl methyl sites for hydroxylation is 2. The van der Waals surface area contributed by atoms with E-state index in [1.54, 1.807) is 0 Å². The zero-order chi connectivity index (χ0) is 11.4.